The molecular weight excluding hydrogens is 552 g/mol. The third-order valence-corrected chi connectivity index (χ3v) is 7.37. The second-order valence-electron chi connectivity index (χ2n) is 12.9. The van der Waals surface area contributed by atoms with Crippen LogP contribution in [0.25, 0.3) is 0 Å². The molecule has 0 saturated heterocycles. The van der Waals surface area contributed by atoms with Crippen LogP contribution in [0.4, 0.5) is 0 Å². The summed E-state index contributed by atoms with van der Waals surface area (Å²) in [4.78, 5) is 47.9. The minimum absolute atomic E-state index is 0.0955. The standard InChI is InChI=1S/C33H56N2O8/c1-12-26(24-37)27(13-2)29(39)35(11)30(3,4)15-20-41-32(7,8)17-22-43-33(9,10)16-21-42-31(5,6)14-18-34-28(38)25-40-23-19-36/h12-13,19,24H,1-2,14-18,20-23,25H2,3-11H3,(H,34,38)/b27-26-. The van der Waals surface area contributed by atoms with Crippen molar-refractivity contribution in [2.45, 2.75) is 103 Å². The molecule has 0 aromatic carbocycles. The molecule has 0 rings (SSSR count). The monoisotopic (exact) mass is 608 g/mol. The van der Waals surface area contributed by atoms with Gasteiger partial charge in [-0.2, -0.15) is 0 Å². The molecule has 0 aliphatic carbocycles. The third-order valence-electron chi connectivity index (χ3n) is 7.37. The highest BCUT2D eigenvalue weighted by molar-refractivity contribution is 6.02. The third kappa shape index (κ3) is 16.7. The van der Waals surface area contributed by atoms with E-state index < -0.39 is 22.3 Å². The van der Waals surface area contributed by atoms with Gasteiger partial charge in [0.1, 0.15) is 19.5 Å². The first kappa shape index (κ1) is 40.3. The van der Waals surface area contributed by atoms with Crippen LogP contribution in [0.15, 0.2) is 36.5 Å². The zero-order valence-corrected chi connectivity index (χ0v) is 28.0. The van der Waals surface area contributed by atoms with Gasteiger partial charge < -0.3 is 34.0 Å². The van der Waals surface area contributed by atoms with E-state index in [2.05, 4.69) is 18.5 Å². The molecule has 1 N–H and O–H groups in total. The zero-order chi connectivity index (χ0) is 33.3. The molecule has 0 aromatic rings. The van der Waals surface area contributed by atoms with Crippen LogP contribution in [0, 0.1) is 0 Å². The van der Waals surface area contributed by atoms with E-state index in [1.807, 2.05) is 55.4 Å². The maximum absolute atomic E-state index is 13.0. The molecule has 0 unspecified atom stereocenters. The molecule has 0 atom stereocenters. The Labute approximate surface area is 259 Å². The van der Waals surface area contributed by atoms with Crippen LogP contribution in [0.3, 0.4) is 0 Å². The van der Waals surface area contributed by atoms with E-state index in [-0.39, 0.29) is 36.2 Å². The first-order valence-electron chi connectivity index (χ1n) is 14.8. The van der Waals surface area contributed by atoms with Gasteiger partial charge in [-0.1, -0.05) is 25.3 Å². The van der Waals surface area contributed by atoms with E-state index in [9.17, 15) is 19.2 Å². The van der Waals surface area contributed by atoms with Crippen LogP contribution in [-0.4, -0.2) is 98.3 Å². The zero-order valence-electron chi connectivity index (χ0n) is 28.0. The van der Waals surface area contributed by atoms with Gasteiger partial charge in [0.2, 0.25) is 5.91 Å². The molecule has 2 amide bonds. The van der Waals surface area contributed by atoms with Crippen LogP contribution in [-0.2, 0) is 38.1 Å². The van der Waals surface area contributed by atoms with Gasteiger partial charge >= 0.3 is 0 Å². The molecule has 0 aliphatic rings. The number of likely N-dealkylation sites (N-methyl/N-ethyl adjacent to an activating group) is 1. The van der Waals surface area contributed by atoms with Crippen molar-refractivity contribution in [3.05, 3.63) is 36.5 Å². The van der Waals surface area contributed by atoms with Crippen molar-refractivity contribution >= 4 is 24.4 Å². The maximum atomic E-state index is 13.0. The number of nitrogens with zero attached hydrogens (tertiary/aromatic N) is 1. The maximum Gasteiger partial charge on any atom is 0.254 e. The van der Waals surface area contributed by atoms with Gasteiger partial charge in [0.15, 0.2) is 6.29 Å². The molecule has 0 saturated carbocycles. The van der Waals surface area contributed by atoms with Crippen LogP contribution >= 0.6 is 0 Å². The molecule has 0 bridgehead atoms. The number of hydrogen-bond donors (Lipinski definition) is 1. The van der Waals surface area contributed by atoms with Crippen LogP contribution < -0.4 is 5.32 Å². The highest BCUT2D eigenvalue weighted by Crippen LogP contribution is 2.25. The SMILES string of the molecule is C=C/C(C=O)=C(\C=C)C(=O)N(C)C(C)(C)CCOC(C)(C)CCOC(C)(C)CCOC(C)(C)CCNC(=O)COCC=O. The van der Waals surface area contributed by atoms with Crippen molar-refractivity contribution in [1.29, 1.82) is 0 Å². The second kappa shape index (κ2) is 18.9. The molecule has 43 heavy (non-hydrogen) atoms. The van der Waals surface area contributed by atoms with E-state index in [0.29, 0.717) is 64.6 Å². The van der Waals surface area contributed by atoms with Gasteiger partial charge in [-0.05, 0) is 81.1 Å². The average Bonchev–Trinajstić information content (AvgIpc) is 2.90. The van der Waals surface area contributed by atoms with Gasteiger partial charge in [0, 0.05) is 36.9 Å². The first-order valence-corrected chi connectivity index (χ1v) is 14.8. The molecule has 0 heterocycles. The fraction of sp³-hybridized carbons (Fsp3) is 0.697. The summed E-state index contributed by atoms with van der Waals surface area (Å²) < 4.78 is 23.3. The summed E-state index contributed by atoms with van der Waals surface area (Å²) in [5, 5.41) is 2.76. The van der Waals surface area contributed by atoms with Crippen molar-refractivity contribution in [1.82, 2.24) is 10.2 Å². The summed E-state index contributed by atoms with van der Waals surface area (Å²) in [6.45, 7) is 24.9. The van der Waals surface area contributed by atoms with E-state index >= 15 is 0 Å². The number of amides is 2. The predicted octanol–water partition coefficient (Wildman–Crippen LogP) is 4.37. The minimum atomic E-state index is -0.528. The number of carbonyl (C=O) groups excluding carboxylic acids is 4. The summed E-state index contributed by atoms with van der Waals surface area (Å²) >= 11 is 0. The number of ether oxygens (including phenoxy) is 4. The van der Waals surface area contributed by atoms with Crippen LogP contribution in [0.5, 0.6) is 0 Å². The van der Waals surface area contributed by atoms with Crippen molar-refractivity contribution in [3.8, 4) is 0 Å². The lowest BCUT2D eigenvalue weighted by Crippen LogP contribution is -2.46. The van der Waals surface area contributed by atoms with Crippen molar-refractivity contribution < 1.29 is 38.1 Å². The fourth-order valence-electron chi connectivity index (χ4n) is 3.87. The summed E-state index contributed by atoms with van der Waals surface area (Å²) in [6, 6.07) is 0. The summed E-state index contributed by atoms with van der Waals surface area (Å²) in [5.41, 5.74) is -1.36. The van der Waals surface area contributed by atoms with Gasteiger partial charge in [0.25, 0.3) is 5.91 Å². The molecule has 10 heteroatoms. The number of carbonyl (C=O) groups is 4. The predicted molar refractivity (Wildman–Crippen MR) is 169 cm³/mol. The lowest BCUT2D eigenvalue weighted by molar-refractivity contribution is -0.131. The number of rotatable bonds is 24. The average molecular weight is 609 g/mol. The summed E-state index contributed by atoms with van der Waals surface area (Å²) in [7, 11) is 1.70. The van der Waals surface area contributed by atoms with Crippen LogP contribution in [0.1, 0.15) is 81.1 Å². The number of nitrogens with one attached hydrogen (secondary N) is 1. The Kier molecular flexibility index (Phi) is 17.7. The fourth-order valence-corrected chi connectivity index (χ4v) is 3.87. The van der Waals surface area contributed by atoms with Crippen molar-refractivity contribution in [2.24, 2.45) is 0 Å². The van der Waals surface area contributed by atoms with E-state index in [0.717, 1.165) is 0 Å². The number of aldehydes is 2. The van der Waals surface area contributed by atoms with E-state index in [4.69, 9.17) is 18.9 Å². The number of hydrogen-bond acceptors (Lipinski definition) is 8. The second-order valence-corrected chi connectivity index (χ2v) is 12.9. The normalized spacial score (nSPS) is 13.1. The molecule has 0 aromatic heterocycles. The quantitative estimate of drug-likeness (QED) is 0.0743. The molecule has 0 aliphatic heterocycles. The van der Waals surface area contributed by atoms with Crippen molar-refractivity contribution in [2.75, 3.05) is 46.6 Å². The topological polar surface area (TPSA) is 120 Å². The Morgan fingerprint density at radius 1 is 0.767 bits per heavy atom. The molecule has 246 valence electrons. The van der Waals surface area contributed by atoms with Crippen molar-refractivity contribution in [3.63, 3.8) is 0 Å². The van der Waals surface area contributed by atoms with Gasteiger partial charge in [-0.25, -0.2) is 0 Å². The van der Waals surface area contributed by atoms with Crippen LogP contribution in [0.2, 0.25) is 0 Å². The van der Waals surface area contributed by atoms with Gasteiger partial charge in [0.05, 0.1) is 30.0 Å². The highest BCUT2D eigenvalue weighted by Gasteiger charge is 2.31. The first-order chi connectivity index (χ1) is 19.9. The summed E-state index contributed by atoms with van der Waals surface area (Å²) in [5.74, 6) is -0.563. The van der Waals surface area contributed by atoms with Gasteiger partial charge in [-0.3, -0.25) is 14.4 Å². The molecular formula is C33H56N2O8. The molecule has 10 nitrogen and oxygen atoms in total. The summed E-state index contributed by atoms with van der Waals surface area (Å²) in [6.07, 6.45) is 6.54. The Hall–Kier alpha value is -2.66. The largest absolute Gasteiger partial charge is 0.375 e. The number of allylic oxidation sites excluding steroid dienone is 2. The lowest BCUT2D eigenvalue weighted by Gasteiger charge is -2.37. The van der Waals surface area contributed by atoms with Gasteiger partial charge in [-0.15, -0.1) is 0 Å². The Morgan fingerprint density at radius 3 is 1.70 bits per heavy atom. The molecule has 0 radical (unpaired) electrons. The smallest absolute Gasteiger partial charge is 0.254 e. The molecule has 0 spiro atoms. The Balaban J connectivity index is 4.60. The Morgan fingerprint density at radius 2 is 1.26 bits per heavy atom. The molecule has 0 fully saturated rings. The van der Waals surface area contributed by atoms with E-state index in [1.54, 1.807) is 11.9 Å². The Bertz CT molecular complexity index is 956. The minimum Gasteiger partial charge on any atom is -0.375 e. The lowest BCUT2D eigenvalue weighted by atomic mass is 9.96. The highest BCUT2D eigenvalue weighted by atomic mass is 16.5. The van der Waals surface area contributed by atoms with E-state index in [1.165, 1.54) is 12.2 Å².